The van der Waals surface area contributed by atoms with Crippen molar-refractivity contribution in [2.45, 2.75) is 0 Å². The third-order valence-electron chi connectivity index (χ3n) is 2.63. The fourth-order valence-electron chi connectivity index (χ4n) is 1.65. The second-order valence-corrected chi connectivity index (χ2v) is 3.70. The minimum absolute atomic E-state index is 0.235. The van der Waals surface area contributed by atoms with Gasteiger partial charge in [0.1, 0.15) is 18.1 Å². The van der Waals surface area contributed by atoms with E-state index in [0.29, 0.717) is 12.0 Å². The number of hydrogen-bond acceptors (Lipinski definition) is 4. The molecule has 1 unspecified atom stereocenters. The summed E-state index contributed by atoms with van der Waals surface area (Å²) in [5, 5.41) is 0. The number of hydrogen-bond donors (Lipinski definition) is 0. The van der Waals surface area contributed by atoms with Crippen molar-refractivity contribution in [2.24, 2.45) is 5.92 Å². The van der Waals surface area contributed by atoms with Gasteiger partial charge in [0, 0.05) is 5.56 Å². The smallest absolute Gasteiger partial charge is 0.205 e. The molecule has 2 rings (SSSR count). The van der Waals surface area contributed by atoms with Gasteiger partial charge in [-0.15, -0.1) is 0 Å². The molecule has 0 saturated heterocycles. The average Bonchev–Trinajstić information content (AvgIpc) is 2.87. The normalized spacial score (nSPS) is 18.2. The lowest BCUT2D eigenvalue weighted by molar-refractivity contribution is -0.131. The van der Waals surface area contributed by atoms with Crippen molar-refractivity contribution >= 4 is 17.8 Å². The van der Waals surface area contributed by atoms with E-state index in [2.05, 4.69) is 0 Å². The molecule has 0 saturated carbocycles. The van der Waals surface area contributed by atoms with Gasteiger partial charge in [0.2, 0.25) is 5.78 Å². The van der Waals surface area contributed by atoms with E-state index in [0.717, 1.165) is 11.3 Å². The van der Waals surface area contributed by atoms with E-state index < -0.39 is 11.7 Å². The number of carbonyl (C=O) groups is 2. The van der Waals surface area contributed by atoms with Crippen LogP contribution in [0, 0.1) is 5.92 Å². The van der Waals surface area contributed by atoms with Gasteiger partial charge in [-0.1, -0.05) is 0 Å². The number of ketones is 1. The van der Waals surface area contributed by atoms with Crippen LogP contribution in [0.4, 0.5) is 0 Å². The zero-order chi connectivity index (χ0) is 12.3. The Morgan fingerprint density at radius 2 is 2.12 bits per heavy atom. The highest BCUT2D eigenvalue weighted by Crippen LogP contribution is 2.26. The molecule has 0 N–H and O–H groups in total. The molecule has 17 heavy (non-hydrogen) atoms. The Balaban J connectivity index is 2.17. The summed E-state index contributed by atoms with van der Waals surface area (Å²) in [5.74, 6) is 0.485. The van der Waals surface area contributed by atoms with Crippen molar-refractivity contribution in [1.29, 1.82) is 0 Å². The van der Waals surface area contributed by atoms with E-state index in [1.807, 2.05) is 24.3 Å². The molecule has 1 heterocycles. The summed E-state index contributed by atoms with van der Waals surface area (Å²) in [6.45, 7) is 0.235. The number of benzene rings is 1. The van der Waals surface area contributed by atoms with Crippen LogP contribution in [0.2, 0.25) is 0 Å². The fourth-order valence-corrected chi connectivity index (χ4v) is 1.65. The van der Waals surface area contributed by atoms with Gasteiger partial charge in [-0.25, -0.2) is 0 Å². The van der Waals surface area contributed by atoms with Gasteiger partial charge >= 0.3 is 0 Å². The Morgan fingerprint density at radius 3 is 2.71 bits per heavy atom. The second-order valence-electron chi connectivity index (χ2n) is 3.70. The van der Waals surface area contributed by atoms with Gasteiger partial charge < -0.3 is 9.47 Å². The Bertz CT molecular complexity index is 459. The maximum absolute atomic E-state index is 11.2. The lowest BCUT2D eigenvalue weighted by Gasteiger charge is -2.04. The molecular weight excluding hydrogens is 220 g/mol. The molecule has 0 aliphatic carbocycles. The summed E-state index contributed by atoms with van der Waals surface area (Å²) >= 11 is 0. The molecule has 1 atom stereocenters. The molecule has 4 nitrogen and oxygen atoms in total. The lowest BCUT2D eigenvalue weighted by atomic mass is 10.1. The van der Waals surface area contributed by atoms with E-state index in [4.69, 9.17) is 9.47 Å². The standard InChI is InChI=1S/C13H12O4/c1-16-11-4-2-9(3-5-11)13-6-10(8-17-13)12(15)7-14/h2-7,10H,8H2,1H3. The van der Waals surface area contributed by atoms with E-state index >= 15 is 0 Å². The SMILES string of the molecule is COc1ccc(C2=CC(C(=O)C=O)CO2)cc1. The van der Waals surface area contributed by atoms with Crippen LogP contribution >= 0.6 is 0 Å². The fraction of sp³-hybridized carbons (Fsp3) is 0.231. The maximum Gasteiger partial charge on any atom is 0.205 e. The van der Waals surface area contributed by atoms with Crippen molar-refractivity contribution in [1.82, 2.24) is 0 Å². The molecule has 0 amide bonds. The van der Waals surface area contributed by atoms with Crippen molar-refractivity contribution in [3.63, 3.8) is 0 Å². The molecule has 0 fully saturated rings. The van der Waals surface area contributed by atoms with Gasteiger partial charge in [-0.05, 0) is 30.3 Å². The van der Waals surface area contributed by atoms with E-state index in [1.54, 1.807) is 13.2 Å². The first-order valence-electron chi connectivity index (χ1n) is 5.22. The number of ether oxygens (including phenoxy) is 2. The maximum atomic E-state index is 11.2. The van der Waals surface area contributed by atoms with Crippen LogP contribution in [0.3, 0.4) is 0 Å². The van der Waals surface area contributed by atoms with E-state index in [1.165, 1.54) is 0 Å². The van der Waals surface area contributed by atoms with Crippen LogP contribution in [-0.2, 0) is 14.3 Å². The predicted octanol–water partition coefficient (Wildman–Crippen LogP) is 1.45. The van der Waals surface area contributed by atoms with Gasteiger partial charge in [-0.3, -0.25) is 9.59 Å². The number of Topliss-reactive ketones (excluding diaryl/α,β-unsaturated/α-hetero) is 1. The van der Waals surface area contributed by atoms with Crippen molar-refractivity contribution < 1.29 is 19.1 Å². The molecule has 1 aromatic carbocycles. The Morgan fingerprint density at radius 1 is 1.41 bits per heavy atom. The van der Waals surface area contributed by atoms with E-state index in [9.17, 15) is 9.59 Å². The van der Waals surface area contributed by atoms with Crippen LogP contribution < -0.4 is 4.74 Å². The molecule has 0 spiro atoms. The summed E-state index contributed by atoms with van der Waals surface area (Å²) in [5.41, 5.74) is 0.868. The molecule has 0 bridgehead atoms. The van der Waals surface area contributed by atoms with Crippen LogP contribution in [0.5, 0.6) is 5.75 Å². The second kappa shape index (κ2) is 4.82. The Kier molecular flexibility index (Phi) is 3.23. The largest absolute Gasteiger partial charge is 0.497 e. The average molecular weight is 232 g/mol. The zero-order valence-corrected chi connectivity index (χ0v) is 9.38. The molecule has 4 heteroatoms. The van der Waals surface area contributed by atoms with Crippen molar-refractivity contribution in [2.75, 3.05) is 13.7 Å². The van der Waals surface area contributed by atoms with Crippen molar-refractivity contribution in [3.05, 3.63) is 35.9 Å². The first kappa shape index (κ1) is 11.4. The molecule has 1 aliphatic rings. The molecule has 0 radical (unpaired) electrons. The van der Waals surface area contributed by atoms with Crippen LogP contribution in [-0.4, -0.2) is 25.8 Å². The number of rotatable bonds is 4. The third kappa shape index (κ3) is 2.36. The molecule has 1 aromatic rings. The van der Waals surface area contributed by atoms with E-state index in [-0.39, 0.29) is 6.61 Å². The molecule has 0 aromatic heterocycles. The summed E-state index contributed by atoms with van der Waals surface area (Å²) in [4.78, 5) is 21.5. The lowest BCUT2D eigenvalue weighted by Crippen LogP contribution is -2.14. The zero-order valence-electron chi connectivity index (χ0n) is 9.38. The van der Waals surface area contributed by atoms with Gasteiger partial charge in [0.05, 0.1) is 13.0 Å². The highest BCUT2D eigenvalue weighted by Gasteiger charge is 2.24. The first-order valence-corrected chi connectivity index (χ1v) is 5.22. The summed E-state index contributed by atoms with van der Waals surface area (Å²) < 4.78 is 10.4. The van der Waals surface area contributed by atoms with Gasteiger partial charge in [0.25, 0.3) is 0 Å². The monoisotopic (exact) mass is 232 g/mol. The summed E-state index contributed by atoms with van der Waals surface area (Å²) in [6.07, 6.45) is 2.01. The first-order chi connectivity index (χ1) is 8.24. The minimum atomic E-state index is -0.454. The van der Waals surface area contributed by atoms with Gasteiger partial charge in [-0.2, -0.15) is 0 Å². The van der Waals surface area contributed by atoms with Crippen LogP contribution in [0.25, 0.3) is 5.76 Å². The highest BCUT2D eigenvalue weighted by atomic mass is 16.5. The summed E-state index contributed by atoms with van der Waals surface area (Å²) in [6, 6.07) is 7.32. The van der Waals surface area contributed by atoms with Crippen LogP contribution in [0.15, 0.2) is 30.3 Å². The highest BCUT2D eigenvalue weighted by molar-refractivity contribution is 6.26. The Hall–Kier alpha value is -2.10. The predicted molar refractivity (Wildman–Crippen MR) is 61.5 cm³/mol. The number of methoxy groups -OCH3 is 1. The minimum Gasteiger partial charge on any atom is -0.497 e. The summed E-state index contributed by atoms with van der Waals surface area (Å²) in [7, 11) is 1.60. The third-order valence-corrected chi connectivity index (χ3v) is 2.63. The topological polar surface area (TPSA) is 52.6 Å². The van der Waals surface area contributed by atoms with Crippen molar-refractivity contribution in [3.8, 4) is 5.75 Å². The molecule has 1 aliphatic heterocycles. The number of carbonyl (C=O) groups excluding carboxylic acids is 2. The Labute approximate surface area is 98.8 Å². The quantitative estimate of drug-likeness (QED) is 0.582. The van der Waals surface area contributed by atoms with Crippen LogP contribution in [0.1, 0.15) is 5.56 Å². The van der Waals surface area contributed by atoms with Gasteiger partial charge in [0.15, 0.2) is 6.29 Å². The molecule has 88 valence electrons. The number of aldehydes is 1. The molecular formula is C13H12O4.